The standard InChI is InChI=1S/C22H30N4O3S/c1-25-9-11-26(12-10-25)16-19-6-8-24-22(15-19)29-13-3-2-7-23-21(27)18-30-17-20-5-4-14-28-20/h2-6,8,14-15H,7,9-13,16-18H2,1H3,(H,23,27)/b3-2+. The lowest BCUT2D eigenvalue weighted by Gasteiger charge is -2.32. The fourth-order valence-corrected chi connectivity index (χ4v) is 3.79. The van der Waals surface area contributed by atoms with Crippen molar-refractivity contribution in [3.8, 4) is 5.88 Å². The number of nitrogens with zero attached hydrogens (tertiary/aromatic N) is 3. The van der Waals surface area contributed by atoms with Gasteiger partial charge in [0.15, 0.2) is 0 Å². The molecule has 0 radical (unpaired) electrons. The number of carbonyl (C=O) groups is 1. The van der Waals surface area contributed by atoms with Crippen LogP contribution in [0.5, 0.6) is 5.88 Å². The van der Waals surface area contributed by atoms with E-state index in [1.54, 1.807) is 12.5 Å². The predicted octanol–water partition coefficient (Wildman–Crippen LogP) is 2.41. The number of likely N-dealkylation sites (N-methyl/N-ethyl adjacent to an activating group) is 1. The molecule has 0 spiro atoms. The van der Waals surface area contributed by atoms with Gasteiger partial charge in [0.25, 0.3) is 0 Å². The molecule has 8 heteroatoms. The number of furan rings is 1. The number of aromatic nitrogens is 1. The summed E-state index contributed by atoms with van der Waals surface area (Å²) in [6.07, 6.45) is 7.22. The van der Waals surface area contributed by atoms with Crippen molar-refractivity contribution in [3.63, 3.8) is 0 Å². The summed E-state index contributed by atoms with van der Waals surface area (Å²) in [4.78, 5) is 20.9. The Morgan fingerprint density at radius 3 is 2.97 bits per heavy atom. The van der Waals surface area contributed by atoms with E-state index >= 15 is 0 Å². The number of hydrogen-bond donors (Lipinski definition) is 1. The zero-order valence-corrected chi connectivity index (χ0v) is 18.3. The lowest BCUT2D eigenvalue weighted by Crippen LogP contribution is -2.43. The van der Waals surface area contributed by atoms with Crippen molar-refractivity contribution in [1.82, 2.24) is 20.1 Å². The molecule has 0 aliphatic carbocycles. The van der Waals surface area contributed by atoms with Crippen LogP contribution in [-0.4, -0.2) is 72.8 Å². The van der Waals surface area contributed by atoms with Crippen LogP contribution in [0.4, 0.5) is 0 Å². The topological polar surface area (TPSA) is 70.8 Å². The number of amides is 1. The Morgan fingerprint density at radius 2 is 2.17 bits per heavy atom. The predicted molar refractivity (Wildman–Crippen MR) is 120 cm³/mol. The molecule has 1 aliphatic heterocycles. The Bertz CT molecular complexity index is 789. The molecule has 3 heterocycles. The molecule has 162 valence electrons. The van der Waals surface area contributed by atoms with Crippen LogP contribution in [0.1, 0.15) is 11.3 Å². The molecule has 2 aromatic rings. The van der Waals surface area contributed by atoms with Crippen molar-refractivity contribution in [3.05, 3.63) is 60.2 Å². The lowest BCUT2D eigenvalue weighted by molar-refractivity contribution is -0.118. The molecule has 1 saturated heterocycles. The summed E-state index contributed by atoms with van der Waals surface area (Å²) >= 11 is 1.53. The molecule has 1 aliphatic rings. The van der Waals surface area contributed by atoms with Gasteiger partial charge in [0, 0.05) is 51.5 Å². The molecular weight excluding hydrogens is 400 g/mol. The number of nitrogens with one attached hydrogen (secondary N) is 1. The Hall–Kier alpha value is -2.29. The van der Waals surface area contributed by atoms with E-state index in [1.165, 1.54) is 17.3 Å². The summed E-state index contributed by atoms with van der Waals surface area (Å²) in [5.41, 5.74) is 1.22. The van der Waals surface area contributed by atoms with Crippen LogP contribution in [-0.2, 0) is 17.1 Å². The van der Waals surface area contributed by atoms with Crippen LogP contribution in [0.15, 0.2) is 53.3 Å². The molecule has 2 aromatic heterocycles. The van der Waals surface area contributed by atoms with Gasteiger partial charge in [-0.05, 0) is 36.9 Å². The molecule has 3 rings (SSSR count). The fourth-order valence-electron chi connectivity index (χ4n) is 3.04. The van der Waals surface area contributed by atoms with Crippen LogP contribution in [0.2, 0.25) is 0 Å². The first-order valence-electron chi connectivity index (χ1n) is 10.2. The highest BCUT2D eigenvalue weighted by molar-refractivity contribution is 7.99. The van der Waals surface area contributed by atoms with Crippen LogP contribution in [0, 0.1) is 0 Å². The molecule has 0 unspecified atom stereocenters. The Balaban J connectivity index is 1.28. The van der Waals surface area contributed by atoms with E-state index in [9.17, 15) is 4.79 Å². The molecule has 0 atom stereocenters. The summed E-state index contributed by atoms with van der Waals surface area (Å²) < 4.78 is 11.0. The van der Waals surface area contributed by atoms with E-state index in [0.717, 1.165) is 38.5 Å². The fraction of sp³-hybridized carbons (Fsp3) is 0.455. The van der Waals surface area contributed by atoms with Crippen molar-refractivity contribution >= 4 is 17.7 Å². The van der Waals surface area contributed by atoms with Crippen molar-refractivity contribution in [1.29, 1.82) is 0 Å². The highest BCUT2D eigenvalue weighted by Crippen LogP contribution is 2.13. The van der Waals surface area contributed by atoms with E-state index < -0.39 is 0 Å². The number of thioether (sulfide) groups is 1. The minimum atomic E-state index is 0.00963. The SMILES string of the molecule is CN1CCN(Cc2ccnc(OC/C=C/CNC(=O)CSCc3ccco3)c2)CC1. The molecule has 0 aromatic carbocycles. The molecule has 1 fully saturated rings. The normalized spacial score (nSPS) is 15.5. The average molecular weight is 431 g/mol. The highest BCUT2D eigenvalue weighted by Gasteiger charge is 2.14. The van der Waals surface area contributed by atoms with Crippen molar-refractivity contribution in [2.75, 3.05) is 52.1 Å². The van der Waals surface area contributed by atoms with Gasteiger partial charge >= 0.3 is 0 Å². The second kappa shape index (κ2) is 12.4. The van der Waals surface area contributed by atoms with Crippen LogP contribution < -0.4 is 10.1 Å². The summed E-state index contributed by atoms with van der Waals surface area (Å²) in [6.45, 7) is 6.23. The van der Waals surface area contributed by atoms with Crippen LogP contribution >= 0.6 is 11.8 Å². The third-order valence-electron chi connectivity index (χ3n) is 4.77. The van der Waals surface area contributed by atoms with Gasteiger partial charge in [-0.25, -0.2) is 4.98 Å². The van der Waals surface area contributed by atoms with Gasteiger partial charge in [0.2, 0.25) is 11.8 Å². The maximum Gasteiger partial charge on any atom is 0.230 e. The Morgan fingerprint density at radius 1 is 1.30 bits per heavy atom. The first-order valence-corrected chi connectivity index (χ1v) is 11.3. The van der Waals surface area contributed by atoms with Gasteiger partial charge in [-0.3, -0.25) is 9.69 Å². The number of hydrogen-bond acceptors (Lipinski definition) is 7. The molecular formula is C22H30N4O3S. The Labute approximate surface area is 182 Å². The third-order valence-corrected chi connectivity index (χ3v) is 5.73. The minimum Gasteiger partial charge on any atom is -0.473 e. The summed E-state index contributed by atoms with van der Waals surface area (Å²) in [5.74, 6) is 2.63. The zero-order valence-electron chi connectivity index (χ0n) is 17.5. The van der Waals surface area contributed by atoms with Crippen LogP contribution in [0.3, 0.4) is 0 Å². The molecule has 0 saturated carbocycles. The Kier molecular flexibility index (Phi) is 9.27. The monoisotopic (exact) mass is 430 g/mol. The van der Waals surface area contributed by atoms with Gasteiger partial charge in [-0.1, -0.05) is 6.08 Å². The van der Waals surface area contributed by atoms with Crippen molar-refractivity contribution in [2.24, 2.45) is 0 Å². The maximum absolute atomic E-state index is 11.8. The van der Waals surface area contributed by atoms with Gasteiger partial charge in [0.05, 0.1) is 17.8 Å². The zero-order chi connectivity index (χ0) is 21.0. The quantitative estimate of drug-likeness (QED) is 0.549. The number of ether oxygens (including phenoxy) is 1. The maximum atomic E-state index is 11.8. The number of rotatable bonds is 11. The molecule has 30 heavy (non-hydrogen) atoms. The van der Waals surface area contributed by atoms with E-state index in [4.69, 9.17) is 9.15 Å². The second-order valence-corrected chi connectivity index (χ2v) is 8.23. The summed E-state index contributed by atoms with van der Waals surface area (Å²) in [5, 5.41) is 2.86. The summed E-state index contributed by atoms with van der Waals surface area (Å²) in [7, 11) is 2.16. The number of pyridine rings is 1. The largest absolute Gasteiger partial charge is 0.473 e. The van der Waals surface area contributed by atoms with E-state index in [2.05, 4.69) is 27.1 Å². The van der Waals surface area contributed by atoms with Gasteiger partial charge in [-0.15, -0.1) is 11.8 Å². The average Bonchev–Trinajstić information content (AvgIpc) is 3.26. The number of carbonyl (C=O) groups excluding carboxylic acids is 1. The molecule has 1 N–H and O–H groups in total. The summed E-state index contributed by atoms with van der Waals surface area (Å²) in [6, 6.07) is 7.80. The lowest BCUT2D eigenvalue weighted by atomic mass is 10.2. The molecule has 1 amide bonds. The smallest absolute Gasteiger partial charge is 0.230 e. The van der Waals surface area contributed by atoms with Crippen LogP contribution in [0.25, 0.3) is 0 Å². The van der Waals surface area contributed by atoms with Gasteiger partial charge in [-0.2, -0.15) is 0 Å². The van der Waals surface area contributed by atoms with Crippen molar-refractivity contribution < 1.29 is 13.9 Å². The van der Waals surface area contributed by atoms with Gasteiger partial charge < -0.3 is 19.4 Å². The first kappa shape index (κ1) is 22.4. The second-order valence-electron chi connectivity index (χ2n) is 7.24. The van der Waals surface area contributed by atoms with Crippen molar-refractivity contribution in [2.45, 2.75) is 12.3 Å². The van der Waals surface area contributed by atoms with E-state index in [1.807, 2.05) is 36.4 Å². The minimum absolute atomic E-state index is 0.00963. The number of piperazine rings is 1. The third kappa shape index (κ3) is 8.22. The van der Waals surface area contributed by atoms with E-state index in [-0.39, 0.29) is 5.91 Å². The molecule has 0 bridgehead atoms. The highest BCUT2D eigenvalue weighted by atomic mass is 32.2. The van der Waals surface area contributed by atoms with E-state index in [0.29, 0.717) is 30.5 Å². The molecule has 7 nitrogen and oxygen atoms in total. The van der Waals surface area contributed by atoms with Gasteiger partial charge in [0.1, 0.15) is 12.4 Å². The first-order chi connectivity index (χ1) is 14.7.